The van der Waals surface area contributed by atoms with Gasteiger partial charge in [0.05, 0.1) is 0 Å². The fourth-order valence-corrected chi connectivity index (χ4v) is 3.02. The van der Waals surface area contributed by atoms with Crippen LogP contribution in [0.25, 0.3) is 0 Å². The molecule has 0 bridgehead atoms. The Bertz CT molecular complexity index is 446. The lowest BCUT2D eigenvalue weighted by molar-refractivity contribution is -0.0740. The Labute approximate surface area is 127 Å². The van der Waals surface area contributed by atoms with Crippen molar-refractivity contribution in [3.63, 3.8) is 0 Å². The lowest BCUT2D eigenvalue weighted by Gasteiger charge is -2.40. The van der Waals surface area contributed by atoms with Gasteiger partial charge in [0.1, 0.15) is 5.60 Å². The summed E-state index contributed by atoms with van der Waals surface area (Å²) in [7, 11) is 1.76. The predicted octanol–water partition coefficient (Wildman–Crippen LogP) is 3.35. The van der Waals surface area contributed by atoms with Crippen molar-refractivity contribution in [2.24, 2.45) is 11.1 Å². The van der Waals surface area contributed by atoms with E-state index in [1.54, 1.807) is 7.11 Å². The number of rotatable bonds is 6. The van der Waals surface area contributed by atoms with Crippen molar-refractivity contribution in [1.82, 2.24) is 10.1 Å². The molecule has 0 spiro atoms. The molecule has 0 amide bonds. The van der Waals surface area contributed by atoms with E-state index in [1.165, 1.54) is 0 Å². The van der Waals surface area contributed by atoms with Crippen LogP contribution in [0.4, 0.5) is 0 Å². The molecule has 1 fully saturated rings. The number of hydrogen-bond acceptors (Lipinski definition) is 5. The van der Waals surface area contributed by atoms with Gasteiger partial charge in [-0.15, -0.1) is 0 Å². The van der Waals surface area contributed by atoms with Crippen LogP contribution in [0.3, 0.4) is 0 Å². The fourth-order valence-electron chi connectivity index (χ4n) is 3.02. The van der Waals surface area contributed by atoms with Crippen molar-refractivity contribution >= 4 is 0 Å². The number of methoxy groups -OCH3 is 1. The van der Waals surface area contributed by atoms with Gasteiger partial charge in [-0.25, -0.2) is 0 Å². The van der Waals surface area contributed by atoms with E-state index in [0.717, 1.165) is 44.3 Å². The molecule has 1 aromatic heterocycles. The molecule has 1 aliphatic rings. The minimum absolute atomic E-state index is 0.253. The summed E-state index contributed by atoms with van der Waals surface area (Å²) in [6, 6.07) is 0. The van der Waals surface area contributed by atoms with Gasteiger partial charge in [0.15, 0.2) is 0 Å². The zero-order valence-corrected chi connectivity index (χ0v) is 13.8. The van der Waals surface area contributed by atoms with Gasteiger partial charge >= 0.3 is 0 Å². The van der Waals surface area contributed by atoms with Crippen molar-refractivity contribution < 1.29 is 9.26 Å². The molecule has 5 nitrogen and oxygen atoms in total. The molecule has 0 radical (unpaired) electrons. The predicted molar refractivity (Wildman–Crippen MR) is 81.9 cm³/mol. The maximum atomic E-state index is 5.83. The average molecular weight is 295 g/mol. The first-order chi connectivity index (χ1) is 9.92. The third-order valence-electron chi connectivity index (χ3n) is 4.91. The van der Waals surface area contributed by atoms with Crippen LogP contribution in [0.2, 0.25) is 0 Å². The summed E-state index contributed by atoms with van der Waals surface area (Å²) in [5.74, 6) is 1.68. The largest absolute Gasteiger partial charge is 0.370 e. The normalized spacial score (nSPS) is 22.1. The number of ether oxygens (including phenoxy) is 1. The molecule has 2 rings (SSSR count). The molecule has 1 saturated carbocycles. The van der Waals surface area contributed by atoms with Crippen molar-refractivity contribution in [1.29, 1.82) is 0 Å². The SMILES string of the molecule is COC1(c2noc(C(C)CCCN)n2)CCC(C)(C)CC1. The minimum Gasteiger partial charge on any atom is -0.370 e. The smallest absolute Gasteiger partial charge is 0.229 e. The van der Waals surface area contributed by atoms with Gasteiger partial charge in [-0.2, -0.15) is 4.98 Å². The first-order valence-corrected chi connectivity index (χ1v) is 8.02. The standard InChI is InChI=1S/C16H29N3O2/c1-12(6-5-11-17)13-18-14(19-21-13)16(20-4)9-7-15(2,3)8-10-16/h12H,5-11,17H2,1-4H3. The van der Waals surface area contributed by atoms with Gasteiger partial charge in [-0.05, 0) is 50.5 Å². The Hall–Kier alpha value is -0.940. The quantitative estimate of drug-likeness (QED) is 0.871. The molecular formula is C16H29N3O2. The highest BCUT2D eigenvalue weighted by Gasteiger charge is 2.43. The van der Waals surface area contributed by atoms with Gasteiger partial charge in [0.25, 0.3) is 0 Å². The topological polar surface area (TPSA) is 74.2 Å². The number of nitrogens with zero attached hydrogens (tertiary/aromatic N) is 2. The molecule has 120 valence electrons. The van der Waals surface area contributed by atoms with E-state index in [-0.39, 0.29) is 11.5 Å². The molecule has 1 unspecified atom stereocenters. The fraction of sp³-hybridized carbons (Fsp3) is 0.875. The Balaban J connectivity index is 2.11. The van der Waals surface area contributed by atoms with Gasteiger partial charge in [-0.1, -0.05) is 25.9 Å². The molecular weight excluding hydrogens is 266 g/mol. The Morgan fingerprint density at radius 1 is 1.29 bits per heavy atom. The van der Waals surface area contributed by atoms with Crippen molar-refractivity contribution in [3.8, 4) is 0 Å². The lowest BCUT2D eigenvalue weighted by atomic mass is 9.70. The van der Waals surface area contributed by atoms with Gasteiger partial charge in [0, 0.05) is 13.0 Å². The zero-order chi connectivity index (χ0) is 15.5. The second-order valence-electron chi connectivity index (χ2n) is 7.15. The van der Waals surface area contributed by atoms with Crippen molar-refractivity contribution in [2.75, 3.05) is 13.7 Å². The third kappa shape index (κ3) is 3.64. The molecule has 1 atom stereocenters. The molecule has 1 aliphatic carbocycles. The summed E-state index contributed by atoms with van der Waals surface area (Å²) in [6.45, 7) is 7.42. The highest BCUT2D eigenvalue weighted by atomic mass is 16.5. The molecule has 2 N–H and O–H groups in total. The highest BCUT2D eigenvalue weighted by molar-refractivity contribution is 5.06. The van der Waals surface area contributed by atoms with Crippen LogP contribution in [-0.2, 0) is 10.3 Å². The number of aromatic nitrogens is 2. The summed E-state index contributed by atoms with van der Waals surface area (Å²) in [6.07, 6.45) is 6.09. The summed E-state index contributed by atoms with van der Waals surface area (Å²) >= 11 is 0. The van der Waals surface area contributed by atoms with E-state index in [9.17, 15) is 0 Å². The van der Waals surface area contributed by atoms with Crippen molar-refractivity contribution in [3.05, 3.63) is 11.7 Å². The number of nitrogens with two attached hydrogens (primary N) is 1. The molecule has 21 heavy (non-hydrogen) atoms. The molecule has 0 aromatic carbocycles. The van der Waals surface area contributed by atoms with Gasteiger partial charge in [-0.3, -0.25) is 0 Å². The Morgan fingerprint density at radius 2 is 1.95 bits per heavy atom. The van der Waals surface area contributed by atoms with Crippen LogP contribution in [0.1, 0.15) is 76.9 Å². The molecule has 5 heteroatoms. The molecule has 1 aromatic rings. The summed E-state index contributed by atoms with van der Waals surface area (Å²) in [4.78, 5) is 4.63. The second kappa shape index (κ2) is 6.44. The second-order valence-corrected chi connectivity index (χ2v) is 7.15. The summed E-state index contributed by atoms with van der Waals surface area (Å²) < 4.78 is 11.3. The summed E-state index contributed by atoms with van der Waals surface area (Å²) in [5, 5.41) is 4.22. The van der Waals surface area contributed by atoms with E-state index < -0.39 is 0 Å². The first-order valence-electron chi connectivity index (χ1n) is 8.02. The lowest BCUT2D eigenvalue weighted by Crippen LogP contribution is -2.37. The Kier molecular flexibility index (Phi) is 5.04. The maximum absolute atomic E-state index is 5.83. The minimum atomic E-state index is -0.370. The van der Waals surface area contributed by atoms with Crippen LogP contribution in [0.15, 0.2) is 4.52 Å². The summed E-state index contributed by atoms with van der Waals surface area (Å²) in [5.41, 5.74) is 5.57. The average Bonchev–Trinajstić information content (AvgIpc) is 2.96. The highest BCUT2D eigenvalue weighted by Crippen LogP contribution is 2.46. The Morgan fingerprint density at radius 3 is 2.52 bits per heavy atom. The van der Waals surface area contributed by atoms with Crippen LogP contribution in [0, 0.1) is 5.41 Å². The number of hydrogen-bond donors (Lipinski definition) is 1. The van der Waals surface area contributed by atoms with Crippen molar-refractivity contribution in [2.45, 2.75) is 70.8 Å². The first kappa shape index (κ1) is 16.4. The van der Waals surface area contributed by atoms with E-state index in [0.29, 0.717) is 17.9 Å². The monoisotopic (exact) mass is 295 g/mol. The molecule has 0 aliphatic heterocycles. The van der Waals surface area contributed by atoms with E-state index in [1.807, 2.05) is 0 Å². The van der Waals surface area contributed by atoms with Crippen LogP contribution >= 0.6 is 0 Å². The van der Waals surface area contributed by atoms with E-state index in [2.05, 4.69) is 30.9 Å². The van der Waals surface area contributed by atoms with Gasteiger partial charge < -0.3 is 15.0 Å². The molecule has 0 saturated heterocycles. The zero-order valence-electron chi connectivity index (χ0n) is 13.8. The van der Waals surface area contributed by atoms with Crippen LogP contribution < -0.4 is 5.73 Å². The van der Waals surface area contributed by atoms with E-state index in [4.69, 9.17) is 15.0 Å². The maximum Gasteiger partial charge on any atom is 0.229 e. The van der Waals surface area contributed by atoms with E-state index >= 15 is 0 Å². The third-order valence-corrected chi connectivity index (χ3v) is 4.91. The van der Waals surface area contributed by atoms with Crippen LogP contribution in [-0.4, -0.2) is 23.8 Å². The van der Waals surface area contributed by atoms with Crippen LogP contribution in [0.5, 0.6) is 0 Å². The molecule has 1 heterocycles. The van der Waals surface area contributed by atoms with Gasteiger partial charge in [0.2, 0.25) is 11.7 Å².